The predicted molar refractivity (Wildman–Crippen MR) is 172 cm³/mol. The highest BCUT2D eigenvalue weighted by atomic mass is 19.1. The van der Waals surface area contributed by atoms with E-state index in [-0.39, 0.29) is 41.9 Å². The quantitative estimate of drug-likeness (QED) is 0.213. The Labute approximate surface area is 274 Å². The molecule has 0 amide bonds. The first-order chi connectivity index (χ1) is 23.1. The van der Waals surface area contributed by atoms with Crippen LogP contribution in [0.4, 0.5) is 8.78 Å². The number of aromatic amines is 1. The molecule has 0 aliphatic carbocycles. The third-order valence-electron chi connectivity index (χ3n) is 8.62. The summed E-state index contributed by atoms with van der Waals surface area (Å²) in [6, 6.07) is 14.7. The molecule has 4 heterocycles. The van der Waals surface area contributed by atoms with Crippen LogP contribution >= 0.6 is 0 Å². The van der Waals surface area contributed by atoms with Crippen molar-refractivity contribution in [1.29, 1.82) is 0 Å². The lowest BCUT2D eigenvalue weighted by Gasteiger charge is -2.24. The molecule has 1 aliphatic rings. The zero-order valence-corrected chi connectivity index (χ0v) is 26.4. The van der Waals surface area contributed by atoms with Gasteiger partial charge in [-0.1, -0.05) is 29.5 Å². The number of carboxylic acids is 1. The number of aliphatic carboxylic acids is 1. The van der Waals surface area contributed by atoms with E-state index < -0.39 is 23.2 Å². The Morgan fingerprint density at radius 1 is 1.12 bits per heavy atom. The van der Waals surface area contributed by atoms with E-state index in [1.54, 1.807) is 28.1 Å². The highest BCUT2D eigenvalue weighted by molar-refractivity contribution is 5.85. The predicted octanol–water partition coefficient (Wildman–Crippen LogP) is 6.79. The summed E-state index contributed by atoms with van der Waals surface area (Å²) < 4.78 is 46.8. The van der Waals surface area contributed by atoms with Crippen LogP contribution in [0, 0.1) is 11.6 Å². The van der Waals surface area contributed by atoms with E-state index >= 15 is 8.78 Å². The molecule has 1 atom stereocenters. The zero-order chi connectivity index (χ0) is 33.4. The van der Waals surface area contributed by atoms with Gasteiger partial charge in [-0.15, -0.1) is 5.10 Å². The first kappa shape index (κ1) is 31.2. The normalized spacial score (nSPS) is 16.4. The van der Waals surface area contributed by atoms with E-state index in [4.69, 9.17) is 14.6 Å². The van der Waals surface area contributed by atoms with Gasteiger partial charge < -0.3 is 19.6 Å². The Morgan fingerprint density at radius 3 is 2.85 bits per heavy atom. The molecule has 11 nitrogen and oxygen atoms in total. The zero-order valence-electron chi connectivity index (χ0n) is 26.4. The third-order valence-corrected chi connectivity index (χ3v) is 8.62. The van der Waals surface area contributed by atoms with Crippen molar-refractivity contribution in [1.82, 2.24) is 34.7 Å². The molecule has 3 aromatic heterocycles. The molecule has 13 heteroatoms. The number of carboxylic acid groups (broad SMARTS) is 1. The van der Waals surface area contributed by atoms with Crippen molar-refractivity contribution in [2.75, 3.05) is 6.61 Å². The summed E-state index contributed by atoms with van der Waals surface area (Å²) in [5.74, 6) is -1.72. The van der Waals surface area contributed by atoms with Crippen molar-refractivity contribution in [3.05, 3.63) is 107 Å². The average molecular weight is 654 g/mol. The van der Waals surface area contributed by atoms with E-state index in [0.29, 0.717) is 42.6 Å². The van der Waals surface area contributed by atoms with Crippen LogP contribution < -0.4 is 4.74 Å². The molecule has 1 aliphatic heterocycles. The van der Waals surface area contributed by atoms with Gasteiger partial charge in [-0.2, -0.15) is 5.10 Å². The van der Waals surface area contributed by atoms with Crippen molar-refractivity contribution in [3.63, 3.8) is 0 Å². The number of aryl methyl sites for hydroxylation is 1. The molecule has 246 valence electrons. The first-order valence-electron chi connectivity index (χ1n) is 15.7. The Hall–Kier alpha value is -5.43. The monoisotopic (exact) mass is 653 g/mol. The van der Waals surface area contributed by atoms with Gasteiger partial charge in [0.05, 0.1) is 24.3 Å². The number of benzene rings is 3. The Balaban J connectivity index is 1.32. The second-order valence-electron chi connectivity index (χ2n) is 12.4. The van der Waals surface area contributed by atoms with Gasteiger partial charge in [0.25, 0.3) is 0 Å². The lowest BCUT2D eigenvalue weighted by atomic mass is 9.98. The molecule has 6 aromatic rings. The lowest BCUT2D eigenvalue weighted by molar-refractivity contribution is -0.136. The molecular weight excluding hydrogens is 620 g/mol. The van der Waals surface area contributed by atoms with Crippen molar-refractivity contribution in [2.24, 2.45) is 0 Å². The van der Waals surface area contributed by atoms with Crippen LogP contribution in [0.2, 0.25) is 0 Å². The number of halogens is 2. The van der Waals surface area contributed by atoms with Gasteiger partial charge in [-0.05, 0) is 68.5 Å². The van der Waals surface area contributed by atoms with Crippen LogP contribution in [0.1, 0.15) is 61.5 Å². The largest absolute Gasteiger partial charge is 0.481 e. The topological polar surface area (TPSA) is 133 Å². The van der Waals surface area contributed by atoms with E-state index in [9.17, 15) is 9.90 Å². The summed E-state index contributed by atoms with van der Waals surface area (Å²) in [6.07, 6.45) is 6.67. The average Bonchev–Trinajstić information content (AvgIpc) is 3.84. The van der Waals surface area contributed by atoms with Crippen molar-refractivity contribution in [3.8, 4) is 22.9 Å². The van der Waals surface area contributed by atoms with Gasteiger partial charge >= 0.3 is 5.97 Å². The second kappa shape index (κ2) is 12.6. The van der Waals surface area contributed by atoms with E-state index in [1.165, 1.54) is 24.3 Å². The SMILES string of the molecule is CC1(C)OCCCC(c2cccc(CCC(=O)O)c2)n2cnc(n2)-c2cc(ccc2F)Oc2c(F)cc3[nH]ccc3c2Cn2cc1nn2. The van der Waals surface area contributed by atoms with Crippen molar-refractivity contribution >= 4 is 16.9 Å². The van der Waals surface area contributed by atoms with Crippen LogP contribution in [-0.2, 0) is 28.1 Å². The summed E-state index contributed by atoms with van der Waals surface area (Å²) in [5.41, 5.74) is 2.82. The molecule has 7 rings (SSSR count). The smallest absolute Gasteiger partial charge is 0.303 e. The molecular formula is C35H33F2N7O4. The minimum Gasteiger partial charge on any atom is -0.481 e. The van der Waals surface area contributed by atoms with Crippen LogP contribution in [0.25, 0.3) is 22.3 Å². The van der Waals surface area contributed by atoms with Gasteiger partial charge in [0.15, 0.2) is 17.4 Å². The van der Waals surface area contributed by atoms with Gasteiger partial charge in [0.1, 0.15) is 29.2 Å². The lowest BCUT2D eigenvalue weighted by Crippen LogP contribution is -2.23. The van der Waals surface area contributed by atoms with Crippen LogP contribution in [0.3, 0.4) is 0 Å². The molecule has 2 N–H and O–H groups in total. The standard InChI is InChI=1S/C35H33F2N7O4/c1-35(2)31-19-43(42-40-31)18-26-24-12-13-38-29(24)17-28(37)33(26)48-23-9-10-27(36)25(16-23)34-39-20-44(41-34)30(7-4-14-47-35)22-6-3-5-21(15-22)8-11-32(45)46/h3,5-6,9-10,12-13,15-17,19-20,30,38H,4,7-8,11,14,18H2,1-2H3,(H,45,46). The third kappa shape index (κ3) is 6.28. The molecule has 48 heavy (non-hydrogen) atoms. The molecule has 0 spiro atoms. The van der Waals surface area contributed by atoms with E-state index in [2.05, 4.69) is 20.3 Å². The highest BCUT2D eigenvalue weighted by Gasteiger charge is 2.27. The van der Waals surface area contributed by atoms with E-state index in [1.807, 2.05) is 44.2 Å². The molecule has 3 aromatic carbocycles. The maximum atomic E-state index is 15.7. The van der Waals surface area contributed by atoms with Gasteiger partial charge in [0.2, 0.25) is 0 Å². The number of ether oxygens (including phenoxy) is 2. The highest BCUT2D eigenvalue weighted by Crippen LogP contribution is 2.37. The molecule has 1 unspecified atom stereocenters. The fourth-order valence-corrected chi connectivity index (χ4v) is 6.05. The number of hydrogen-bond donors (Lipinski definition) is 2. The maximum Gasteiger partial charge on any atom is 0.303 e. The number of nitrogens with zero attached hydrogens (tertiary/aromatic N) is 6. The van der Waals surface area contributed by atoms with Crippen molar-refractivity contribution in [2.45, 2.75) is 57.7 Å². The fourth-order valence-electron chi connectivity index (χ4n) is 6.05. The summed E-state index contributed by atoms with van der Waals surface area (Å²) >= 11 is 0. The van der Waals surface area contributed by atoms with E-state index in [0.717, 1.165) is 16.5 Å². The Kier molecular flexibility index (Phi) is 8.21. The summed E-state index contributed by atoms with van der Waals surface area (Å²) in [6.45, 7) is 4.37. The van der Waals surface area contributed by atoms with Crippen LogP contribution in [0.15, 0.2) is 73.3 Å². The molecule has 0 saturated heterocycles. The second-order valence-corrected chi connectivity index (χ2v) is 12.4. The number of rotatable bonds is 4. The van der Waals surface area contributed by atoms with Crippen LogP contribution in [-0.4, -0.2) is 52.4 Å². The number of carbonyl (C=O) groups is 1. The van der Waals surface area contributed by atoms with Gasteiger partial charge in [-0.3, -0.25) is 4.79 Å². The maximum absolute atomic E-state index is 15.7. The summed E-state index contributed by atoms with van der Waals surface area (Å²) in [5, 5.41) is 23.4. The Bertz CT molecular complexity index is 2120. The molecule has 0 radical (unpaired) electrons. The minimum atomic E-state index is -0.870. The number of aromatic nitrogens is 7. The van der Waals surface area contributed by atoms with Crippen molar-refractivity contribution < 1.29 is 28.2 Å². The summed E-state index contributed by atoms with van der Waals surface area (Å²) in [7, 11) is 0. The van der Waals surface area contributed by atoms with Gasteiger partial charge in [0, 0.05) is 41.8 Å². The molecule has 0 saturated carbocycles. The fraction of sp³-hybridized carbons (Fsp3) is 0.286. The number of H-pyrrole nitrogens is 1. The molecule has 0 fully saturated rings. The Morgan fingerprint density at radius 2 is 2.00 bits per heavy atom. The van der Waals surface area contributed by atoms with Crippen LogP contribution in [0.5, 0.6) is 11.5 Å². The van der Waals surface area contributed by atoms with Gasteiger partial charge in [-0.25, -0.2) is 23.1 Å². The number of hydrogen-bond acceptors (Lipinski definition) is 7. The number of fused-ring (bicyclic) bond motifs is 10. The first-order valence-corrected chi connectivity index (χ1v) is 15.7. The minimum absolute atomic E-state index is 0.0112. The molecule has 6 bridgehead atoms. The summed E-state index contributed by atoms with van der Waals surface area (Å²) in [4.78, 5) is 18.7. The number of nitrogens with one attached hydrogen (secondary N) is 1.